The van der Waals surface area contributed by atoms with Crippen molar-refractivity contribution in [2.75, 3.05) is 0 Å². The molecule has 2 heterocycles. The van der Waals surface area contributed by atoms with Crippen LogP contribution >= 0.6 is 34.5 Å². The Labute approximate surface area is 237 Å². The van der Waals surface area contributed by atoms with Crippen molar-refractivity contribution in [3.8, 4) is 0 Å². The molecule has 3 aromatic carbocycles. The first-order valence-electron chi connectivity index (χ1n) is 12.5. The molecule has 1 aliphatic carbocycles. The fourth-order valence-corrected chi connectivity index (χ4v) is 6.75. The maximum absolute atomic E-state index is 13.9. The van der Waals surface area contributed by atoms with E-state index in [-0.39, 0.29) is 17.2 Å². The minimum absolute atomic E-state index is 0.187. The summed E-state index contributed by atoms with van der Waals surface area (Å²) in [6.45, 7) is 2.16. The molecular formula is C31H22Cl2F2N2OS. The minimum Gasteiger partial charge on any atom is -0.272 e. The van der Waals surface area contributed by atoms with Crippen LogP contribution < -0.4 is 14.9 Å². The van der Waals surface area contributed by atoms with Crippen LogP contribution in [0.4, 0.5) is 8.78 Å². The van der Waals surface area contributed by atoms with E-state index in [9.17, 15) is 13.6 Å². The molecule has 0 fully saturated rings. The van der Waals surface area contributed by atoms with E-state index in [4.69, 9.17) is 28.2 Å². The molecule has 0 unspecified atom stereocenters. The van der Waals surface area contributed by atoms with Crippen molar-refractivity contribution in [3.05, 3.63) is 142 Å². The van der Waals surface area contributed by atoms with Gasteiger partial charge in [0.05, 0.1) is 16.3 Å². The summed E-state index contributed by atoms with van der Waals surface area (Å²) in [7, 11) is 0. The maximum atomic E-state index is 13.9. The van der Waals surface area contributed by atoms with Crippen LogP contribution in [0, 0.1) is 17.6 Å². The van der Waals surface area contributed by atoms with E-state index in [1.807, 2.05) is 6.08 Å². The average Bonchev–Trinajstić information content (AvgIpc) is 3.21. The summed E-state index contributed by atoms with van der Waals surface area (Å²) < 4.78 is 29.7. The van der Waals surface area contributed by atoms with Gasteiger partial charge in [-0.3, -0.25) is 9.36 Å². The Morgan fingerprint density at radius 3 is 2.33 bits per heavy atom. The third-order valence-corrected chi connectivity index (χ3v) is 8.57. The van der Waals surface area contributed by atoms with E-state index < -0.39 is 6.04 Å². The van der Waals surface area contributed by atoms with Crippen molar-refractivity contribution in [2.45, 2.75) is 25.8 Å². The summed E-state index contributed by atoms with van der Waals surface area (Å²) in [5.74, 6) is -0.338. The van der Waals surface area contributed by atoms with Gasteiger partial charge in [0.25, 0.3) is 5.56 Å². The zero-order valence-corrected chi connectivity index (χ0v) is 23.1. The minimum atomic E-state index is -0.431. The number of nitrogens with zero attached hydrogens (tertiary/aromatic N) is 2. The summed E-state index contributed by atoms with van der Waals surface area (Å²) in [5, 5.41) is 0.957. The molecule has 2 aliphatic rings. The van der Waals surface area contributed by atoms with Gasteiger partial charge in [-0.05, 0) is 95.1 Å². The predicted molar refractivity (Wildman–Crippen MR) is 154 cm³/mol. The zero-order chi connectivity index (χ0) is 27.3. The summed E-state index contributed by atoms with van der Waals surface area (Å²) in [6.07, 6.45) is 5.33. The molecule has 8 heteroatoms. The Morgan fingerprint density at radius 1 is 0.949 bits per heavy atom. The first-order valence-corrected chi connectivity index (χ1v) is 14.1. The molecule has 1 aliphatic heterocycles. The lowest BCUT2D eigenvalue weighted by molar-refractivity contribution is 0.481. The summed E-state index contributed by atoms with van der Waals surface area (Å²) in [5.41, 5.74) is 5.06. The van der Waals surface area contributed by atoms with Gasteiger partial charge < -0.3 is 0 Å². The maximum Gasteiger partial charge on any atom is 0.271 e. The van der Waals surface area contributed by atoms with E-state index in [1.54, 1.807) is 53.1 Å². The lowest BCUT2D eigenvalue weighted by atomic mass is 9.79. The van der Waals surface area contributed by atoms with Gasteiger partial charge in [-0.25, -0.2) is 13.8 Å². The third kappa shape index (κ3) is 5.05. The Kier molecular flexibility index (Phi) is 6.88. The first-order chi connectivity index (χ1) is 18.8. The van der Waals surface area contributed by atoms with E-state index >= 15 is 0 Å². The van der Waals surface area contributed by atoms with Crippen molar-refractivity contribution in [2.24, 2.45) is 10.9 Å². The van der Waals surface area contributed by atoms with Gasteiger partial charge in [-0.2, -0.15) is 0 Å². The van der Waals surface area contributed by atoms with Crippen LogP contribution in [-0.4, -0.2) is 4.57 Å². The molecule has 3 nitrogen and oxygen atoms in total. The Balaban J connectivity index is 1.59. The molecule has 1 aromatic heterocycles. The highest BCUT2D eigenvalue weighted by molar-refractivity contribution is 7.07. The largest absolute Gasteiger partial charge is 0.272 e. The van der Waals surface area contributed by atoms with Crippen LogP contribution in [0.15, 0.2) is 93.4 Å². The molecule has 0 radical (unpaired) electrons. The second kappa shape index (κ2) is 10.3. The lowest BCUT2D eigenvalue weighted by Gasteiger charge is -2.33. The summed E-state index contributed by atoms with van der Waals surface area (Å²) in [6, 6.07) is 17.4. The highest BCUT2D eigenvalue weighted by Crippen LogP contribution is 2.43. The van der Waals surface area contributed by atoms with Gasteiger partial charge in [-0.1, -0.05) is 71.8 Å². The Hall–Kier alpha value is -3.32. The molecular weight excluding hydrogens is 557 g/mol. The fourth-order valence-electron chi connectivity index (χ4n) is 5.29. The van der Waals surface area contributed by atoms with Crippen molar-refractivity contribution in [1.29, 1.82) is 0 Å². The van der Waals surface area contributed by atoms with Crippen LogP contribution in [0.1, 0.15) is 42.5 Å². The number of allylic oxidation sites excluding steroid dienone is 2. The van der Waals surface area contributed by atoms with Gasteiger partial charge in [0.1, 0.15) is 11.6 Å². The standard InChI is InChI=1S/C31H22Cl2F2N2OS/c1-17-12-21(14-18-2-8-23(34)9-3-18)28-25(13-17)29(19-5-10-24(35)11-6-19)37-30(38)27(39-31(37)36-28)15-20-4-7-22(32)16-26(20)33/h2-11,14-17,29H,12-13H2,1H3/b21-14+,27-15+/t17-,29-/m1/s1. The van der Waals surface area contributed by atoms with Crippen molar-refractivity contribution < 1.29 is 8.78 Å². The molecule has 39 heavy (non-hydrogen) atoms. The normalized spacial score (nSPS) is 20.1. The van der Waals surface area contributed by atoms with E-state index in [1.165, 1.54) is 35.6 Å². The van der Waals surface area contributed by atoms with Crippen LogP contribution in [0.25, 0.3) is 12.2 Å². The van der Waals surface area contributed by atoms with Gasteiger partial charge in [0.15, 0.2) is 4.80 Å². The molecule has 0 saturated carbocycles. The number of aromatic nitrogens is 1. The molecule has 4 aromatic rings. The molecule has 0 spiro atoms. The highest BCUT2D eigenvalue weighted by Gasteiger charge is 2.34. The van der Waals surface area contributed by atoms with Crippen molar-refractivity contribution in [3.63, 3.8) is 0 Å². The number of hydrogen-bond donors (Lipinski definition) is 0. The van der Waals surface area contributed by atoms with Gasteiger partial charge in [-0.15, -0.1) is 0 Å². The SMILES string of the molecule is C[C@H]1CC2=C(N=c3s/c(=C/c4ccc(Cl)cc4Cl)c(=O)n3[C@@H]2c2ccc(F)cc2)/C(=C/c2ccc(F)cc2)C1. The molecule has 0 amide bonds. The summed E-state index contributed by atoms with van der Waals surface area (Å²) in [4.78, 5) is 19.5. The smallest absolute Gasteiger partial charge is 0.271 e. The van der Waals surface area contributed by atoms with Crippen LogP contribution in [0.5, 0.6) is 0 Å². The number of fused-ring (bicyclic) bond motifs is 1. The van der Waals surface area contributed by atoms with Gasteiger partial charge >= 0.3 is 0 Å². The molecule has 0 bridgehead atoms. The van der Waals surface area contributed by atoms with Gasteiger partial charge in [0, 0.05) is 10.0 Å². The first kappa shape index (κ1) is 25.9. The van der Waals surface area contributed by atoms with Gasteiger partial charge in [0.2, 0.25) is 0 Å². The molecule has 6 rings (SSSR count). The van der Waals surface area contributed by atoms with Crippen molar-refractivity contribution in [1.82, 2.24) is 4.57 Å². The lowest BCUT2D eigenvalue weighted by Crippen LogP contribution is -2.39. The molecule has 0 N–H and O–H groups in total. The van der Waals surface area contributed by atoms with Crippen LogP contribution in [0.3, 0.4) is 0 Å². The number of halogens is 4. The summed E-state index contributed by atoms with van der Waals surface area (Å²) >= 11 is 13.8. The van der Waals surface area contributed by atoms with Crippen LogP contribution in [0.2, 0.25) is 10.0 Å². The third-order valence-electron chi connectivity index (χ3n) is 7.02. The molecule has 2 atom stereocenters. The quantitative estimate of drug-likeness (QED) is 0.251. The zero-order valence-electron chi connectivity index (χ0n) is 20.8. The Bertz CT molecular complexity index is 1840. The topological polar surface area (TPSA) is 34.4 Å². The monoisotopic (exact) mass is 578 g/mol. The Morgan fingerprint density at radius 2 is 1.64 bits per heavy atom. The predicted octanol–water partition coefficient (Wildman–Crippen LogP) is 7.31. The van der Waals surface area contributed by atoms with Crippen LogP contribution in [-0.2, 0) is 0 Å². The van der Waals surface area contributed by atoms with Crippen molar-refractivity contribution >= 4 is 46.7 Å². The molecule has 0 saturated heterocycles. The number of thiazole rings is 1. The number of rotatable bonds is 3. The average molecular weight is 579 g/mol. The second-order valence-electron chi connectivity index (χ2n) is 9.91. The van der Waals surface area contributed by atoms with E-state index in [0.717, 1.165) is 40.8 Å². The number of hydrogen-bond acceptors (Lipinski definition) is 3. The van der Waals surface area contributed by atoms with E-state index in [2.05, 4.69) is 6.92 Å². The molecule has 196 valence electrons. The highest BCUT2D eigenvalue weighted by atomic mass is 35.5. The second-order valence-corrected chi connectivity index (χ2v) is 11.8. The van der Waals surface area contributed by atoms with E-state index in [0.29, 0.717) is 30.9 Å². The number of benzene rings is 3. The fraction of sp³-hybridized carbons (Fsp3) is 0.161.